The summed E-state index contributed by atoms with van der Waals surface area (Å²) in [5.41, 5.74) is 5.14. The fourth-order valence-corrected chi connectivity index (χ4v) is 4.86. The lowest BCUT2D eigenvalue weighted by atomic mass is 9.78. The molecule has 0 bridgehead atoms. The second kappa shape index (κ2) is 8.23. The van der Waals surface area contributed by atoms with Crippen molar-refractivity contribution < 1.29 is 4.79 Å². The summed E-state index contributed by atoms with van der Waals surface area (Å²) in [5.74, 6) is 0.117. The number of benzene rings is 4. The van der Waals surface area contributed by atoms with E-state index in [1.807, 2.05) is 42.5 Å². The first-order valence-corrected chi connectivity index (χ1v) is 10.8. The van der Waals surface area contributed by atoms with E-state index in [4.69, 9.17) is 0 Å². The fraction of sp³-hybridized carbons (Fsp3) is 0.138. The van der Waals surface area contributed by atoms with Crippen LogP contribution >= 0.6 is 0 Å². The Morgan fingerprint density at radius 2 is 1.00 bits per heavy atom. The zero-order valence-corrected chi connectivity index (χ0v) is 17.4. The third-order valence-corrected chi connectivity index (χ3v) is 6.28. The summed E-state index contributed by atoms with van der Waals surface area (Å²) in [7, 11) is 0. The van der Waals surface area contributed by atoms with Crippen LogP contribution in [0.25, 0.3) is 0 Å². The number of rotatable bonds is 6. The van der Waals surface area contributed by atoms with Crippen molar-refractivity contribution in [2.45, 2.75) is 24.9 Å². The average Bonchev–Trinajstić information content (AvgIpc) is 3.04. The van der Waals surface area contributed by atoms with Gasteiger partial charge in [-0.1, -0.05) is 109 Å². The third kappa shape index (κ3) is 3.66. The minimum Gasteiger partial charge on any atom is -0.324 e. The van der Waals surface area contributed by atoms with Crippen molar-refractivity contribution in [1.82, 2.24) is 4.90 Å². The Morgan fingerprint density at radius 3 is 1.55 bits per heavy atom. The molecule has 0 atom stereocenters. The number of hydrogen-bond acceptors (Lipinski definition) is 1. The van der Waals surface area contributed by atoms with Crippen molar-refractivity contribution >= 4 is 5.91 Å². The molecule has 0 unspecified atom stereocenters. The van der Waals surface area contributed by atoms with Gasteiger partial charge < -0.3 is 4.90 Å². The minimum absolute atomic E-state index is 0.117. The lowest BCUT2D eigenvalue weighted by molar-refractivity contribution is 0.0511. The van der Waals surface area contributed by atoms with Crippen molar-refractivity contribution in [1.29, 1.82) is 0 Å². The van der Waals surface area contributed by atoms with Gasteiger partial charge in [0.1, 0.15) is 0 Å². The molecule has 0 saturated heterocycles. The molecule has 4 aromatic rings. The van der Waals surface area contributed by atoms with E-state index in [1.54, 1.807) is 0 Å². The Bertz CT molecular complexity index is 1130. The predicted molar refractivity (Wildman–Crippen MR) is 125 cm³/mol. The number of amides is 1. The highest BCUT2D eigenvalue weighted by atomic mass is 16.2. The number of carbonyl (C=O) groups is 1. The molecule has 0 fully saturated rings. The molecule has 1 aliphatic rings. The standard InChI is InChI=1S/C29H25NO/c31-28-26-18-10-11-19-27(26)29(20-23-12-4-1-5-13-23,21-24-14-6-2-7-15-24)30(28)22-25-16-8-3-9-17-25/h1-19H,20-22H2. The van der Waals surface area contributed by atoms with E-state index in [0.29, 0.717) is 6.54 Å². The SMILES string of the molecule is O=C1c2ccccc2C(Cc2ccccc2)(Cc2ccccc2)N1Cc1ccccc1. The van der Waals surface area contributed by atoms with Crippen LogP contribution in [0.15, 0.2) is 115 Å². The number of hydrogen-bond donors (Lipinski definition) is 0. The third-order valence-electron chi connectivity index (χ3n) is 6.28. The van der Waals surface area contributed by atoms with E-state index in [2.05, 4.69) is 77.7 Å². The molecule has 0 radical (unpaired) electrons. The first kappa shape index (κ1) is 19.3. The van der Waals surface area contributed by atoms with Gasteiger partial charge in [-0.3, -0.25) is 4.79 Å². The number of nitrogens with zero attached hydrogens (tertiary/aromatic N) is 1. The molecule has 5 rings (SSSR count). The first-order chi connectivity index (χ1) is 15.3. The van der Waals surface area contributed by atoms with Crippen LogP contribution in [0, 0.1) is 0 Å². The molecule has 152 valence electrons. The topological polar surface area (TPSA) is 20.3 Å². The normalized spacial score (nSPS) is 14.5. The molecule has 1 aliphatic heterocycles. The van der Waals surface area contributed by atoms with Crippen LogP contribution in [0.4, 0.5) is 0 Å². The highest BCUT2D eigenvalue weighted by molar-refractivity contribution is 6.00. The average molecular weight is 404 g/mol. The van der Waals surface area contributed by atoms with Gasteiger partial charge in [-0.15, -0.1) is 0 Å². The van der Waals surface area contributed by atoms with Crippen molar-refractivity contribution in [3.63, 3.8) is 0 Å². The summed E-state index contributed by atoms with van der Waals surface area (Å²) >= 11 is 0. The van der Waals surface area contributed by atoms with Crippen molar-refractivity contribution in [2.24, 2.45) is 0 Å². The second-order valence-electron chi connectivity index (χ2n) is 8.28. The second-order valence-corrected chi connectivity index (χ2v) is 8.28. The molecule has 0 spiro atoms. The van der Waals surface area contributed by atoms with Crippen LogP contribution in [-0.4, -0.2) is 10.8 Å². The molecule has 0 N–H and O–H groups in total. The maximum Gasteiger partial charge on any atom is 0.255 e. The lowest BCUT2D eigenvalue weighted by Gasteiger charge is -2.40. The molecule has 2 nitrogen and oxygen atoms in total. The Balaban J connectivity index is 1.67. The van der Waals surface area contributed by atoms with Crippen LogP contribution in [0.1, 0.15) is 32.6 Å². The summed E-state index contributed by atoms with van der Waals surface area (Å²) in [4.78, 5) is 15.8. The molecule has 2 heteroatoms. The van der Waals surface area contributed by atoms with Gasteiger partial charge in [0.2, 0.25) is 0 Å². The monoisotopic (exact) mass is 403 g/mol. The van der Waals surface area contributed by atoms with Crippen LogP contribution < -0.4 is 0 Å². The summed E-state index contributed by atoms with van der Waals surface area (Å²) in [5, 5.41) is 0. The van der Waals surface area contributed by atoms with E-state index >= 15 is 0 Å². The molecule has 4 aromatic carbocycles. The minimum atomic E-state index is -0.438. The van der Waals surface area contributed by atoms with E-state index in [-0.39, 0.29) is 5.91 Å². The molecular formula is C29H25NO. The molecule has 1 amide bonds. The van der Waals surface area contributed by atoms with Crippen LogP contribution in [-0.2, 0) is 24.9 Å². The molecular weight excluding hydrogens is 378 g/mol. The van der Waals surface area contributed by atoms with Gasteiger partial charge in [0.25, 0.3) is 5.91 Å². The highest BCUT2D eigenvalue weighted by Gasteiger charge is 2.49. The van der Waals surface area contributed by atoms with Gasteiger partial charge in [0.15, 0.2) is 0 Å². The van der Waals surface area contributed by atoms with Gasteiger partial charge in [0.05, 0.1) is 5.54 Å². The Hall–Kier alpha value is -3.65. The maximum atomic E-state index is 13.7. The summed E-state index contributed by atoms with van der Waals surface area (Å²) in [6.07, 6.45) is 1.55. The Morgan fingerprint density at radius 1 is 0.548 bits per heavy atom. The van der Waals surface area contributed by atoms with Crippen molar-refractivity contribution in [2.75, 3.05) is 0 Å². The van der Waals surface area contributed by atoms with Crippen LogP contribution in [0.3, 0.4) is 0 Å². The summed E-state index contributed by atoms with van der Waals surface area (Å²) in [6.45, 7) is 0.591. The van der Waals surface area contributed by atoms with E-state index < -0.39 is 5.54 Å². The Kier molecular flexibility index (Phi) is 5.13. The number of fused-ring (bicyclic) bond motifs is 1. The zero-order valence-electron chi connectivity index (χ0n) is 17.4. The smallest absolute Gasteiger partial charge is 0.255 e. The summed E-state index contributed by atoms with van der Waals surface area (Å²) < 4.78 is 0. The maximum absolute atomic E-state index is 13.7. The molecule has 0 saturated carbocycles. The van der Waals surface area contributed by atoms with Crippen molar-refractivity contribution in [3.8, 4) is 0 Å². The van der Waals surface area contributed by atoms with E-state index in [9.17, 15) is 4.79 Å². The van der Waals surface area contributed by atoms with Gasteiger partial charge in [-0.2, -0.15) is 0 Å². The fourth-order valence-electron chi connectivity index (χ4n) is 4.86. The van der Waals surface area contributed by atoms with Gasteiger partial charge in [-0.25, -0.2) is 0 Å². The van der Waals surface area contributed by atoms with Crippen LogP contribution in [0.5, 0.6) is 0 Å². The molecule has 31 heavy (non-hydrogen) atoms. The van der Waals surface area contributed by atoms with E-state index in [0.717, 1.165) is 29.5 Å². The highest BCUT2D eigenvalue weighted by Crippen LogP contribution is 2.45. The van der Waals surface area contributed by atoms with Crippen molar-refractivity contribution in [3.05, 3.63) is 143 Å². The van der Waals surface area contributed by atoms with Gasteiger partial charge in [0, 0.05) is 24.9 Å². The van der Waals surface area contributed by atoms with Gasteiger partial charge in [-0.05, 0) is 28.3 Å². The quantitative estimate of drug-likeness (QED) is 0.385. The van der Waals surface area contributed by atoms with Crippen LogP contribution in [0.2, 0.25) is 0 Å². The number of carbonyl (C=O) groups excluding carboxylic acids is 1. The lowest BCUT2D eigenvalue weighted by Crippen LogP contribution is -2.46. The van der Waals surface area contributed by atoms with E-state index in [1.165, 1.54) is 11.1 Å². The Labute approximate surface area is 183 Å². The molecule has 0 aromatic heterocycles. The molecule has 0 aliphatic carbocycles. The zero-order chi connectivity index (χ0) is 21.1. The predicted octanol–water partition coefficient (Wildman–Crippen LogP) is 6.02. The van der Waals surface area contributed by atoms with Gasteiger partial charge >= 0.3 is 0 Å². The first-order valence-electron chi connectivity index (χ1n) is 10.8. The molecule has 1 heterocycles. The largest absolute Gasteiger partial charge is 0.324 e. The summed E-state index contributed by atoms with van der Waals surface area (Å²) in [6, 6.07) is 39.5.